The number of nitrogens with one attached hydrogen (secondary N) is 1. The van der Waals surface area contributed by atoms with E-state index in [9.17, 15) is 4.79 Å². The molecule has 0 saturated carbocycles. The van der Waals surface area contributed by atoms with Crippen LogP contribution in [0.1, 0.15) is 29.7 Å². The van der Waals surface area contributed by atoms with Gasteiger partial charge in [-0.05, 0) is 18.6 Å². The molecule has 0 atom stereocenters. The van der Waals surface area contributed by atoms with E-state index >= 15 is 0 Å². The summed E-state index contributed by atoms with van der Waals surface area (Å²) in [5.41, 5.74) is 1.99. The zero-order valence-corrected chi connectivity index (χ0v) is 8.08. The van der Waals surface area contributed by atoms with Gasteiger partial charge >= 0.3 is 5.91 Å². The van der Waals surface area contributed by atoms with E-state index in [4.69, 9.17) is 15.0 Å². The molecule has 5 heteroatoms. The van der Waals surface area contributed by atoms with Crippen molar-refractivity contribution < 1.29 is 13.9 Å². The lowest BCUT2D eigenvalue weighted by Crippen LogP contribution is -2.29. The van der Waals surface area contributed by atoms with Crippen molar-refractivity contribution in [2.24, 2.45) is 5.84 Å². The maximum Gasteiger partial charge on any atom is 0.300 e. The summed E-state index contributed by atoms with van der Waals surface area (Å²) >= 11 is 0. The SMILES string of the molecule is CCCOCc1ccc(C(=O)NN)o1. The zero-order chi connectivity index (χ0) is 10.4. The molecule has 0 spiro atoms. The first kappa shape index (κ1) is 10.7. The molecule has 0 aliphatic rings. The second kappa shape index (κ2) is 5.41. The average Bonchev–Trinajstić information content (AvgIpc) is 2.66. The lowest BCUT2D eigenvalue weighted by molar-refractivity contribution is 0.0895. The molecule has 0 aromatic carbocycles. The molecular weight excluding hydrogens is 184 g/mol. The van der Waals surface area contributed by atoms with E-state index in [2.05, 4.69) is 0 Å². The molecule has 78 valence electrons. The van der Waals surface area contributed by atoms with Crippen molar-refractivity contribution >= 4 is 5.91 Å². The Morgan fingerprint density at radius 3 is 3.07 bits per heavy atom. The minimum atomic E-state index is -0.438. The minimum absolute atomic E-state index is 0.197. The van der Waals surface area contributed by atoms with Crippen LogP contribution in [0.5, 0.6) is 0 Å². The fourth-order valence-corrected chi connectivity index (χ4v) is 0.966. The van der Waals surface area contributed by atoms with Gasteiger partial charge in [0.2, 0.25) is 0 Å². The molecule has 0 radical (unpaired) electrons. The number of rotatable bonds is 5. The highest BCUT2D eigenvalue weighted by atomic mass is 16.5. The lowest BCUT2D eigenvalue weighted by atomic mass is 10.4. The van der Waals surface area contributed by atoms with Crippen LogP contribution in [0.2, 0.25) is 0 Å². The van der Waals surface area contributed by atoms with Crippen LogP contribution in [0.25, 0.3) is 0 Å². The Bertz CT molecular complexity index is 296. The van der Waals surface area contributed by atoms with Crippen molar-refractivity contribution in [3.63, 3.8) is 0 Å². The summed E-state index contributed by atoms with van der Waals surface area (Å²) in [7, 11) is 0. The Morgan fingerprint density at radius 1 is 1.64 bits per heavy atom. The molecule has 0 aliphatic carbocycles. The Hall–Kier alpha value is -1.33. The van der Waals surface area contributed by atoms with Crippen LogP contribution in [0.4, 0.5) is 0 Å². The number of carbonyl (C=O) groups is 1. The van der Waals surface area contributed by atoms with Gasteiger partial charge < -0.3 is 9.15 Å². The number of ether oxygens (including phenoxy) is 1. The van der Waals surface area contributed by atoms with Crippen molar-refractivity contribution in [1.82, 2.24) is 5.43 Å². The van der Waals surface area contributed by atoms with Crippen molar-refractivity contribution in [2.75, 3.05) is 6.61 Å². The summed E-state index contributed by atoms with van der Waals surface area (Å²) in [4.78, 5) is 11.0. The van der Waals surface area contributed by atoms with Crippen molar-refractivity contribution in [3.05, 3.63) is 23.7 Å². The molecule has 1 aromatic rings. The molecule has 1 amide bonds. The second-order valence-corrected chi connectivity index (χ2v) is 2.79. The number of carbonyl (C=O) groups excluding carboxylic acids is 1. The van der Waals surface area contributed by atoms with Crippen LogP contribution < -0.4 is 11.3 Å². The Kier molecular flexibility index (Phi) is 4.15. The van der Waals surface area contributed by atoms with Gasteiger partial charge in [-0.1, -0.05) is 6.92 Å². The van der Waals surface area contributed by atoms with E-state index in [-0.39, 0.29) is 5.76 Å². The average molecular weight is 198 g/mol. The first-order valence-corrected chi connectivity index (χ1v) is 4.45. The van der Waals surface area contributed by atoms with Crippen LogP contribution in [-0.4, -0.2) is 12.5 Å². The minimum Gasteiger partial charge on any atom is -0.453 e. The van der Waals surface area contributed by atoms with Crippen molar-refractivity contribution in [1.29, 1.82) is 0 Å². The van der Waals surface area contributed by atoms with Gasteiger partial charge in [0.25, 0.3) is 0 Å². The van der Waals surface area contributed by atoms with Gasteiger partial charge in [0.05, 0.1) is 0 Å². The van der Waals surface area contributed by atoms with Gasteiger partial charge in [0.1, 0.15) is 12.4 Å². The summed E-state index contributed by atoms with van der Waals surface area (Å²) in [6.07, 6.45) is 0.955. The number of nitrogens with two attached hydrogens (primary N) is 1. The fraction of sp³-hybridized carbons (Fsp3) is 0.444. The van der Waals surface area contributed by atoms with Gasteiger partial charge in [-0.2, -0.15) is 0 Å². The van der Waals surface area contributed by atoms with Crippen LogP contribution in [0.3, 0.4) is 0 Å². The molecule has 0 unspecified atom stereocenters. The summed E-state index contributed by atoms with van der Waals surface area (Å²) in [5, 5.41) is 0. The number of nitrogen functional groups attached to an aromatic ring is 1. The summed E-state index contributed by atoms with van der Waals surface area (Å²) < 4.78 is 10.4. The van der Waals surface area contributed by atoms with Crippen molar-refractivity contribution in [3.8, 4) is 0 Å². The third-order valence-corrected chi connectivity index (χ3v) is 1.61. The number of hydrogen-bond acceptors (Lipinski definition) is 4. The maximum absolute atomic E-state index is 11.0. The van der Waals surface area contributed by atoms with Gasteiger partial charge in [0.15, 0.2) is 5.76 Å². The molecular formula is C9H14N2O3. The van der Waals surface area contributed by atoms with Crippen LogP contribution in [0.15, 0.2) is 16.5 Å². The third-order valence-electron chi connectivity index (χ3n) is 1.61. The number of amides is 1. The van der Waals surface area contributed by atoms with E-state index < -0.39 is 5.91 Å². The third kappa shape index (κ3) is 2.86. The first-order valence-electron chi connectivity index (χ1n) is 4.45. The number of hydrogen-bond donors (Lipinski definition) is 2. The largest absolute Gasteiger partial charge is 0.453 e. The number of hydrazine groups is 1. The molecule has 5 nitrogen and oxygen atoms in total. The molecule has 0 fully saturated rings. The molecule has 3 N–H and O–H groups in total. The zero-order valence-electron chi connectivity index (χ0n) is 8.08. The molecule has 0 saturated heterocycles. The monoisotopic (exact) mass is 198 g/mol. The van der Waals surface area contributed by atoms with E-state index in [1.54, 1.807) is 12.1 Å². The van der Waals surface area contributed by atoms with E-state index in [0.717, 1.165) is 6.42 Å². The number of furan rings is 1. The van der Waals surface area contributed by atoms with Gasteiger partial charge in [-0.3, -0.25) is 10.2 Å². The predicted molar refractivity (Wildman–Crippen MR) is 50.3 cm³/mol. The highest BCUT2D eigenvalue weighted by molar-refractivity contribution is 5.90. The second-order valence-electron chi connectivity index (χ2n) is 2.79. The predicted octanol–water partition coefficient (Wildman–Crippen LogP) is 0.810. The maximum atomic E-state index is 11.0. The Morgan fingerprint density at radius 2 is 2.43 bits per heavy atom. The summed E-state index contributed by atoms with van der Waals surface area (Å²) in [5.74, 6) is 5.33. The topological polar surface area (TPSA) is 77.5 Å². The van der Waals surface area contributed by atoms with Gasteiger partial charge in [0, 0.05) is 6.61 Å². The molecule has 1 rings (SSSR count). The van der Waals surface area contributed by atoms with E-state index in [1.165, 1.54) is 0 Å². The Balaban J connectivity index is 2.46. The van der Waals surface area contributed by atoms with Crippen molar-refractivity contribution in [2.45, 2.75) is 20.0 Å². The fourth-order valence-electron chi connectivity index (χ4n) is 0.966. The molecule has 0 bridgehead atoms. The molecule has 1 heterocycles. The van der Waals surface area contributed by atoms with E-state index in [0.29, 0.717) is 19.0 Å². The van der Waals surface area contributed by atoms with Crippen LogP contribution in [-0.2, 0) is 11.3 Å². The first-order chi connectivity index (χ1) is 6.77. The molecule has 14 heavy (non-hydrogen) atoms. The normalized spacial score (nSPS) is 10.1. The molecule has 0 aliphatic heterocycles. The standard InChI is InChI=1S/C9H14N2O3/c1-2-5-13-6-7-3-4-8(14-7)9(12)11-10/h3-4H,2,5-6,10H2,1H3,(H,11,12). The van der Waals surface area contributed by atoms with E-state index in [1.807, 2.05) is 12.3 Å². The van der Waals surface area contributed by atoms with Crippen LogP contribution >= 0.6 is 0 Å². The highest BCUT2D eigenvalue weighted by Gasteiger charge is 2.08. The Labute approximate surface area is 82.2 Å². The smallest absolute Gasteiger partial charge is 0.300 e. The lowest BCUT2D eigenvalue weighted by Gasteiger charge is -1.98. The quantitative estimate of drug-likeness (QED) is 0.317. The highest BCUT2D eigenvalue weighted by Crippen LogP contribution is 2.08. The summed E-state index contributed by atoms with van der Waals surface area (Å²) in [6, 6.07) is 3.26. The molecule has 1 aromatic heterocycles. The summed E-state index contributed by atoms with van der Waals surface area (Å²) in [6.45, 7) is 3.08. The van der Waals surface area contributed by atoms with Gasteiger partial charge in [-0.25, -0.2) is 5.84 Å². The van der Waals surface area contributed by atoms with Crippen LogP contribution in [0, 0.1) is 0 Å². The van der Waals surface area contributed by atoms with Gasteiger partial charge in [-0.15, -0.1) is 0 Å².